The Morgan fingerprint density at radius 3 is 2.45 bits per heavy atom. The standard InChI is InChI=1S/C15H14ClN3S/c1-9-3-8-12(20-9)14-13(15(17)19(2)18-14)10-4-6-11(16)7-5-10/h3-8H,17H2,1-2H3. The molecule has 0 bridgehead atoms. The number of thiophene rings is 1. The van der Waals surface area contributed by atoms with Crippen molar-refractivity contribution in [2.24, 2.45) is 7.05 Å². The van der Waals surface area contributed by atoms with Crippen LogP contribution in [0.5, 0.6) is 0 Å². The normalized spacial score (nSPS) is 10.9. The number of nitrogens with two attached hydrogens (primary N) is 1. The van der Waals surface area contributed by atoms with Gasteiger partial charge in [0.05, 0.1) is 10.4 Å². The summed E-state index contributed by atoms with van der Waals surface area (Å²) in [5.74, 6) is 0.661. The number of halogens is 1. The summed E-state index contributed by atoms with van der Waals surface area (Å²) in [7, 11) is 1.86. The molecule has 5 heteroatoms. The molecule has 1 aromatic carbocycles. The van der Waals surface area contributed by atoms with Crippen molar-refractivity contribution in [2.75, 3.05) is 5.73 Å². The third-order valence-electron chi connectivity index (χ3n) is 3.20. The molecule has 2 N–H and O–H groups in total. The maximum atomic E-state index is 6.19. The first-order valence-electron chi connectivity index (χ1n) is 6.21. The SMILES string of the molecule is Cc1ccc(-c2nn(C)c(N)c2-c2ccc(Cl)cc2)s1. The number of nitrogens with zero attached hydrogens (tertiary/aromatic N) is 2. The van der Waals surface area contributed by atoms with Crippen molar-refractivity contribution in [3.05, 3.63) is 46.3 Å². The van der Waals surface area contributed by atoms with E-state index >= 15 is 0 Å². The van der Waals surface area contributed by atoms with Crippen LogP contribution in [0.4, 0.5) is 5.82 Å². The largest absolute Gasteiger partial charge is 0.383 e. The number of rotatable bonds is 2. The Bertz CT molecular complexity index is 756. The van der Waals surface area contributed by atoms with Gasteiger partial charge in [-0.05, 0) is 36.8 Å². The minimum absolute atomic E-state index is 0.661. The van der Waals surface area contributed by atoms with E-state index in [1.165, 1.54) is 4.88 Å². The lowest BCUT2D eigenvalue weighted by molar-refractivity contribution is 0.783. The molecule has 0 aliphatic rings. The molecule has 102 valence electrons. The molecule has 0 saturated heterocycles. The molecule has 3 rings (SSSR count). The summed E-state index contributed by atoms with van der Waals surface area (Å²) in [5.41, 5.74) is 9.10. The predicted molar refractivity (Wildman–Crippen MR) is 86.1 cm³/mol. The fraction of sp³-hybridized carbons (Fsp3) is 0.133. The van der Waals surface area contributed by atoms with Crippen molar-refractivity contribution >= 4 is 28.8 Å². The van der Waals surface area contributed by atoms with Gasteiger partial charge in [0.15, 0.2) is 0 Å². The van der Waals surface area contributed by atoms with E-state index < -0.39 is 0 Å². The van der Waals surface area contributed by atoms with E-state index in [0.717, 1.165) is 21.7 Å². The summed E-state index contributed by atoms with van der Waals surface area (Å²) in [4.78, 5) is 2.38. The van der Waals surface area contributed by atoms with Gasteiger partial charge in [0.25, 0.3) is 0 Å². The van der Waals surface area contributed by atoms with Crippen molar-refractivity contribution in [1.29, 1.82) is 0 Å². The van der Waals surface area contributed by atoms with Crippen LogP contribution in [0.25, 0.3) is 21.7 Å². The Morgan fingerprint density at radius 1 is 1.15 bits per heavy atom. The Balaban J connectivity index is 2.21. The molecule has 0 unspecified atom stereocenters. The summed E-state index contributed by atoms with van der Waals surface area (Å²) in [6.07, 6.45) is 0. The Labute approximate surface area is 126 Å². The minimum Gasteiger partial charge on any atom is -0.383 e. The zero-order valence-electron chi connectivity index (χ0n) is 11.2. The monoisotopic (exact) mass is 303 g/mol. The molecule has 2 heterocycles. The maximum absolute atomic E-state index is 6.19. The van der Waals surface area contributed by atoms with Gasteiger partial charge in [-0.15, -0.1) is 11.3 Å². The second-order valence-corrected chi connectivity index (χ2v) is 6.37. The average molecular weight is 304 g/mol. The van der Waals surface area contributed by atoms with Crippen LogP contribution in [0.3, 0.4) is 0 Å². The summed E-state index contributed by atoms with van der Waals surface area (Å²) < 4.78 is 1.72. The maximum Gasteiger partial charge on any atom is 0.129 e. The quantitative estimate of drug-likeness (QED) is 0.764. The molecule has 3 nitrogen and oxygen atoms in total. The van der Waals surface area contributed by atoms with Gasteiger partial charge in [-0.1, -0.05) is 23.7 Å². The predicted octanol–water partition coefficient (Wildman–Crippen LogP) is 4.36. The lowest BCUT2D eigenvalue weighted by Gasteiger charge is -2.03. The van der Waals surface area contributed by atoms with E-state index in [2.05, 4.69) is 24.2 Å². The van der Waals surface area contributed by atoms with Crippen molar-refractivity contribution < 1.29 is 0 Å². The van der Waals surface area contributed by atoms with Gasteiger partial charge in [0.2, 0.25) is 0 Å². The van der Waals surface area contributed by atoms with Crippen molar-refractivity contribution in [3.63, 3.8) is 0 Å². The molecule has 0 atom stereocenters. The highest BCUT2D eigenvalue weighted by Crippen LogP contribution is 2.38. The Kier molecular flexibility index (Phi) is 3.28. The van der Waals surface area contributed by atoms with E-state index in [9.17, 15) is 0 Å². The molecular formula is C15H14ClN3S. The molecule has 0 aliphatic carbocycles. The lowest BCUT2D eigenvalue weighted by Crippen LogP contribution is -1.97. The third kappa shape index (κ3) is 2.21. The van der Waals surface area contributed by atoms with Crippen LogP contribution in [0.2, 0.25) is 5.02 Å². The topological polar surface area (TPSA) is 43.8 Å². The zero-order valence-corrected chi connectivity index (χ0v) is 12.8. The molecule has 0 radical (unpaired) electrons. The molecule has 20 heavy (non-hydrogen) atoms. The Morgan fingerprint density at radius 2 is 1.85 bits per heavy atom. The van der Waals surface area contributed by atoms with Crippen LogP contribution in [0, 0.1) is 6.92 Å². The van der Waals surface area contributed by atoms with Gasteiger partial charge in [-0.2, -0.15) is 5.10 Å². The summed E-state index contributed by atoms with van der Waals surface area (Å²) >= 11 is 7.67. The average Bonchev–Trinajstić information content (AvgIpc) is 2.97. The van der Waals surface area contributed by atoms with Gasteiger partial charge in [-0.3, -0.25) is 4.68 Å². The van der Waals surface area contributed by atoms with Crippen LogP contribution >= 0.6 is 22.9 Å². The summed E-state index contributed by atoms with van der Waals surface area (Å²) in [5, 5.41) is 5.27. The fourth-order valence-electron chi connectivity index (χ4n) is 2.17. The van der Waals surface area contributed by atoms with E-state index in [1.807, 2.05) is 31.3 Å². The number of hydrogen-bond acceptors (Lipinski definition) is 3. The van der Waals surface area contributed by atoms with E-state index in [-0.39, 0.29) is 0 Å². The van der Waals surface area contributed by atoms with Crippen LogP contribution in [-0.4, -0.2) is 9.78 Å². The summed E-state index contributed by atoms with van der Waals surface area (Å²) in [6, 6.07) is 11.9. The second kappa shape index (κ2) is 4.96. The molecule has 0 fully saturated rings. The number of aryl methyl sites for hydroxylation is 2. The van der Waals surface area contributed by atoms with Crippen molar-refractivity contribution in [3.8, 4) is 21.7 Å². The van der Waals surface area contributed by atoms with E-state index in [4.69, 9.17) is 17.3 Å². The number of anilines is 1. The number of aromatic nitrogens is 2. The van der Waals surface area contributed by atoms with E-state index in [0.29, 0.717) is 10.8 Å². The number of hydrogen-bond donors (Lipinski definition) is 1. The fourth-order valence-corrected chi connectivity index (χ4v) is 3.16. The first-order chi connectivity index (χ1) is 9.56. The first kappa shape index (κ1) is 13.2. The van der Waals surface area contributed by atoms with Crippen LogP contribution in [-0.2, 0) is 7.05 Å². The Hall–Kier alpha value is -1.78. The molecule has 2 aromatic heterocycles. The smallest absolute Gasteiger partial charge is 0.129 e. The summed E-state index contributed by atoms with van der Waals surface area (Å²) in [6.45, 7) is 2.09. The van der Waals surface area contributed by atoms with Crippen molar-refractivity contribution in [2.45, 2.75) is 6.92 Å². The van der Waals surface area contributed by atoms with E-state index in [1.54, 1.807) is 16.0 Å². The lowest BCUT2D eigenvalue weighted by atomic mass is 10.0. The van der Waals surface area contributed by atoms with Crippen LogP contribution in [0.15, 0.2) is 36.4 Å². The van der Waals surface area contributed by atoms with Crippen LogP contribution < -0.4 is 5.73 Å². The van der Waals surface area contributed by atoms with Crippen LogP contribution in [0.1, 0.15) is 4.88 Å². The van der Waals surface area contributed by atoms with Gasteiger partial charge >= 0.3 is 0 Å². The molecular weight excluding hydrogens is 290 g/mol. The molecule has 0 amide bonds. The van der Waals surface area contributed by atoms with Crippen molar-refractivity contribution in [1.82, 2.24) is 9.78 Å². The first-order valence-corrected chi connectivity index (χ1v) is 7.41. The highest BCUT2D eigenvalue weighted by Gasteiger charge is 2.18. The van der Waals surface area contributed by atoms with Gasteiger partial charge in [-0.25, -0.2) is 0 Å². The zero-order chi connectivity index (χ0) is 14.3. The highest BCUT2D eigenvalue weighted by molar-refractivity contribution is 7.15. The molecule has 0 aliphatic heterocycles. The third-order valence-corrected chi connectivity index (χ3v) is 4.46. The molecule has 0 spiro atoms. The molecule has 0 saturated carbocycles. The minimum atomic E-state index is 0.661. The highest BCUT2D eigenvalue weighted by atomic mass is 35.5. The van der Waals surface area contributed by atoms with Gasteiger partial charge in [0.1, 0.15) is 11.5 Å². The molecule has 3 aromatic rings. The number of nitrogen functional groups attached to an aromatic ring is 1. The van der Waals surface area contributed by atoms with Gasteiger partial charge in [0, 0.05) is 16.9 Å². The second-order valence-electron chi connectivity index (χ2n) is 4.65. The van der Waals surface area contributed by atoms with Gasteiger partial charge < -0.3 is 5.73 Å². The number of benzene rings is 1.